The lowest BCUT2D eigenvalue weighted by Crippen LogP contribution is -2.60. The minimum atomic E-state index is -1.63. The van der Waals surface area contributed by atoms with Gasteiger partial charge in [0.15, 0.2) is 11.4 Å². The molecule has 0 bridgehead atoms. The molecular formula is C25H36O6. The van der Waals surface area contributed by atoms with E-state index in [1.54, 1.807) is 0 Å². The van der Waals surface area contributed by atoms with Gasteiger partial charge in [-0.3, -0.25) is 14.4 Å². The van der Waals surface area contributed by atoms with E-state index in [0.29, 0.717) is 18.3 Å². The van der Waals surface area contributed by atoms with E-state index in [1.807, 2.05) is 6.92 Å². The third-order valence-electron chi connectivity index (χ3n) is 9.43. The molecule has 4 aliphatic rings. The van der Waals surface area contributed by atoms with E-state index < -0.39 is 23.1 Å². The lowest BCUT2D eigenvalue weighted by Gasteiger charge is -2.58. The Bertz CT molecular complexity index is 832. The molecular weight excluding hydrogens is 396 g/mol. The van der Waals surface area contributed by atoms with Crippen molar-refractivity contribution in [3.63, 3.8) is 0 Å². The van der Waals surface area contributed by atoms with Crippen LogP contribution in [-0.4, -0.2) is 40.6 Å². The average Bonchev–Trinajstić information content (AvgIpc) is 2.90. The van der Waals surface area contributed by atoms with Gasteiger partial charge in [0.1, 0.15) is 12.2 Å². The van der Waals surface area contributed by atoms with E-state index in [2.05, 4.69) is 13.0 Å². The predicted octanol–water partition coefficient (Wildman–Crippen LogP) is 3.74. The van der Waals surface area contributed by atoms with Crippen LogP contribution < -0.4 is 0 Å². The highest BCUT2D eigenvalue weighted by atomic mass is 16.6. The molecule has 0 aromatic rings. The summed E-state index contributed by atoms with van der Waals surface area (Å²) in [5.41, 5.74) is -0.788. The quantitative estimate of drug-likeness (QED) is 0.540. The number of carbonyl (C=O) groups excluding carboxylic acids is 3. The Labute approximate surface area is 184 Å². The van der Waals surface area contributed by atoms with Gasteiger partial charge in [-0.05, 0) is 68.6 Å². The maximum Gasteiger partial charge on any atom is 0.303 e. The van der Waals surface area contributed by atoms with Gasteiger partial charge >= 0.3 is 11.9 Å². The van der Waals surface area contributed by atoms with Crippen molar-refractivity contribution in [3.8, 4) is 0 Å². The van der Waals surface area contributed by atoms with Gasteiger partial charge < -0.3 is 14.6 Å². The van der Waals surface area contributed by atoms with Crippen LogP contribution in [0.2, 0.25) is 0 Å². The molecule has 0 unspecified atom stereocenters. The van der Waals surface area contributed by atoms with Gasteiger partial charge in [-0.2, -0.15) is 0 Å². The molecule has 6 heteroatoms. The lowest BCUT2D eigenvalue weighted by molar-refractivity contribution is -0.184. The van der Waals surface area contributed by atoms with Gasteiger partial charge in [0, 0.05) is 25.7 Å². The van der Waals surface area contributed by atoms with E-state index in [0.717, 1.165) is 38.5 Å². The van der Waals surface area contributed by atoms with Gasteiger partial charge in [-0.1, -0.05) is 25.5 Å². The Morgan fingerprint density at radius 2 is 1.68 bits per heavy atom. The molecule has 4 aliphatic carbocycles. The molecule has 31 heavy (non-hydrogen) atoms. The summed E-state index contributed by atoms with van der Waals surface area (Å²) in [5, 5.41) is 11.6. The Hall–Kier alpha value is -1.69. The fraction of sp³-hybridized carbons (Fsp3) is 0.800. The van der Waals surface area contributed by atoms with Crippen LogP contribution in [-0.2, 0) is 23.9 Å². The third kappa shape index (κ3) is 3.20. The fourth-order valence-corrected chi connectivity index (χ4v) is 7.92. The summed E-state index contributed by atoms with van der Waals surface area (Å²) in [5.74, 6) is -0.0691. The number of ether oxygens (including phenoxy) is 2. The standard InChI is InChI=1S/C25H36O6/c1-14(26)25(29)22(31-16(3)28)13-21-19-7-6-17-12-18(30-15(2)27)8-10-23(17,4)20(19)9-11-24(21,25)5/h6,18-22,29H,7-13H2,1-5H3/t18-,19+,20-,21-,22-,23-,24-,25+/m0/s1. The zero-order valence-electron chi connectivity index (χ0n) is 19.4. The molecule has 3 fully saturated rings. The first-order chi connectivity index (χ1) is 14.4. The Kier molecular flexibility index (Phi) is 5.39. The number of carbonyl (C=O) groups is 3. The number of fused-ring (bicyclic) bond motifs is 5. The predicted molar refractivity (Wildman–Crippen MR) is 114 cm³/mol. The number of hydrogen-bond donors (Lipinski definition) is 1. The van der Waals surface area contributed by atoms with Crippen LogP contribution in [0.25, 0.3) is 0 Å². The van der Waals surface area contributed by atoms with Crippen LogP contribution in [0, 0.1) is 28.6 Å². The first-order valence-electron chi connectivity index (χ1n) is 11.7. The van der Waals surface area contributed by atoms with Crippen LogP contribution in [0.1, 0.15) is 79.6 Å². The van der Waals surface area contributed by atoms with Crippen LogP contribution in [0.15, 0.2) is 11.6 Å². The molecule has 0 spiro atoms. The lowest BCUT2D eigenvalue weighted by atomic mass is 9.46. The molecule has 0 saturated heterocycles. The van der Waals surface area contributed by atoms with Gasteiger partial charge in [0.2, 0.25) is 0 Å². The second-order valence-electron chi connectivity index (χ2n) is 10.8. The molecule has 0 radical (unpaired) electrons. The van der Waals surface area contributed by atoms with Gasteiger partial charge in [-0.25, -0.2) is 0 Å². The van der Waals surface area contributed by atoms with Gasteiger partial charge in [-0.15, -0.1) is 0 Å². The number of ketones is 1. The molecule has 3 saturated carbocycles. The molecule has 0 aliphatic heterocycles. The first-order valence-corrected chi connectivity index (χ1v) is 11.7. The highest BCUT2D eigenvalue weighted by molar-refractivity contribution is 5.87. The summed E-state index contributed by atoms with van der Waals surface area (Å²) in [7, 11) is 0. The fourth-order valence-electron chi connectivity index (χ4n) is 7.92. The van der Waals surface area contributed by atoms with Crippen LogP contribution in [0.5, 0.6) is 0 Å². The van der Waals surface area contributed by atoms with Crippen molar-refractivity contribution in [1.82, 2.24) is 0 Å². The summed E-state index contributed by atoms with van der Waals surface area (Å²) >= 11 is 0. The van der Waals surface area contributed by atoms with E-state index in [4.69, 9.17) is 9.47 Å². The molecule has 0 amide bonds. The van der Waals surface area contributed by atoms with Crippen LogP contribution in [0.4, 0.5) is 0 Å². The van der Waals surface area contributed by atoms with Crippen LogP contribution >= 0.6 is 0 Å². The molecule has 172 valence electrons. The largest absolute Gasteiger partial charge is 0.462 e. The molecule has 4 rings (SSSR count). The maximum atomic E-state index is 12.7. The normalized spacial score (nSPS) is 46.1. The highest BCUT2D eigenvalue weighted by Crippen LogP contribution is 2.67. The average molecular weight is 433 g/mol. The summed E-state index contributed by atoms with van der Waals surface area (Å²) < 4.78 is 11.0. The summed E-state index contributed by atoms with van der Waals surface area (Å²) in [6.45, 7) is 8.60. The van der Waals surface area contributed by atoms with Crippen molar-refractivity contribution in [2.24, 2.45) is 28.6 Å². The zero-order valence-corrected chi connectivity index (χ0v) is 19.4. The maximum absolute atomic E-state index is 12.7. The van der Waals surface area contributed by atoms with Crippen molar-refractivity contribution in [1.29, 1.82) is 0 Å². The second-order valence-corrected chi connectivity index (χ2v) is 10.8. The number of Topliss-reactive ketones (excluding diaryl/α,β-unsaturated/α-hetero) is 1. The summed E-state index contributed by atoms with van der Waals surface area (Å²) in [6, 6.07) is 0. The van der Waals surface area contributed by atoms with Crippen molar-refractivity contribution in [2.45, 2.75) is 97.4 Å². The SMILES string of the molecule is CC(=O)O[C@H]1CC[C@@]2(C)C(=CC[C@@H]3[C@@H]2CC[C@@]2(C)[C@H]3C[C@H](OC(C)=O)[C@]2(O)C(C)=O)C1. The molecule has 0 aromatic heterocycles. The second kappa shape index (κ2) is 7.43. The van der Waals surface area contributed by atoms with Gasteiger partial charge in [0.25, 0.3) is 0 Å². The third-order valence-corrected chi connectivity index (χ3v) is 9.43. The van der Waals surface area contributed by atoms with E-state index in [9.17, 15) is 19.5 Å². The Morgan fingerprint density at radius 1 is 1.00 bits per heavy atom. The number of hydrogen-bond acceptors (Lipinski definition) is 6. The zero-order chi connectivity index (χ0) is 22.8. The molecule has 8 atom stereocenters. The monoisotopic (exact) mass is 432 g/mol. The Morgan fingerprint density at radius 3 is 2.29 bits per heavy atom. The molecule has 6 nitrogen and oxygen atoms in total. The molecule has 1 N–H and O–H groups in total. The summed E-state index contributed by atoms with van der Waals surface area (Å²) in [6.07, 6.45) is 7.25. The molecule has 0 aromatic carbocycles. The van der Waals surface area contributed by atoms with E-state index >= 15 is 0 Å². The number of esters is 2. The topological polar surface area (TPSA) is 89.9 Å². The number of allylic oxidation sites excluding steroid dienone is 1. The first kappa shape index (κ1) is 22.5. The minimum Gasteiger partial charge on any atom is -0.462 e. The smallest absolute Gasteiger partial charge is 0.303 e. The van der Waals surface area contributed by atoms with E-state index in [-0.39, 0.29) is 29.2 Å². The van der Waals surface area contributed by atoms with Crippen LogP contribution in [0.3, 0.4) is 0 Å². The summed E-state index contributed by atoms with van der Waals surface area (Å²) in [4.78, 5) is 35.9. The number of rotatable bonds is 3. The van der Waals surface area contributed by atoms with Crippen molar-refractivity contribution < 1.29 is 29.0 Å². The van der Waals surface area contributed by atoms with Gasteiger partial charge in [0.05, 0.1) is 0 Å². The van der Waals surface area contributed by atoms with Crippen molar-refractivity contribution >= 4 is 17.7 Å². The minimum absolute atomic E-state index is 0.0372. The Balaban J connectivity index is 1.65. The van der Waals surface area contributed by atoms with Crippen molar-refractivity contribution in [3.05, 3.63) is 11.6 Å². The highest BCUT2D eigenvalue weighted by Gasteiger charge is 2.70. The van der Waals surface area contributed by atoms with Crippen molar-refractivity contribution in [2.75, 3.05) is 0 Å². The molecule has 0 heterocycles. The number of aliphatic hydroxyl groups is 1. The van der Waals surface area contributed by atoms with E-state index in [1.165, 1.54) is 26.3 Å².